The number of carbonyl (C=O) groups excluding carboxylic acids is 2. The summed E-state index contributed by atoms with van der Waals surface area (Å²) in [7, 11) is 1.30. The Labute approximate surface area is 98.6 Å². The van der Waals surface area contributed by atoms with Crippen molar-refractivity contribution in [1.82, 2.24) is 5.32 Å². The van der Waals surface area contributed by atoms with E-state index >= 15 is 0 Å². The molecule has 1 heterocycles. The topological polar surface area (TPSA) is 55.4 Å². The molecule has 16 heavy (non-hydrogen) atoms. The predicted molar refractivity (Wildman–Crippen MR) is 62.6 cm³/mol. The molecule has 1 N–H and O–H groups in total. The van der Waals surface area contributed by atoms with Gasteiger partial charge in [0.05, 0.1) is 12.0 Å². The van der Waals surface area contributed by atoms with Crippen molar-refractivity contribution in [2.24, 2.45) is 0 Å². The van der Waals surface area contributed by atoms with Crippen LogP contribution in [0.5, 0.6) is 0 Å². The highest BCUT2D eigenvalue weighted by Crippen LogP contribution is 2.17. The first-order chi connectivity index (χ1) is 7.60. The third-order valence-corrected chi connectivity index (χ3v) is 3.19. The first-order valence-corrected chi connectivity index (χ1v) is 5.93. The zero-order chi connectivity index (χ0) is 12.1. The Kier molecular flexibility index (Phi) is 4.49. The number of hydrogen-bond donors (Lipinski definition) is 1. The summed E-state index contributed by atoms with van der Waals surface area (Å²) in [5, 5.41) is 4.48. The van der Waals surface area contributed by atoms with Crippen LogP contribution in [0.15, 0.2) is 11.4 Å². The fourth-order valence-corrected chi connectivity index (χ4v) is 2.21. The summed E-state index contributed by atoms with van der Waals surface area (Å²) in [5.41, 5.74) is 1.000. The predicted octanol–water partition coefficient (Wildman–Crippen LogP) is 1.60. The zero-order valence-electron chi connectivity index (χ0n) is 9.57. The van der Waals surface area contributed by atoms with E-state index in [0.717, 1.165) is 12.0 Å². The smallest absolute Gasteiger partial charge is 0.328 e. The van der Waals surface area contributed by atoms with Crippen LogP contribution in [0.25, 0.3) is 0 Å². The lowest BCUT2D eigenvalue weighted by Gasteiger charge is -2.11. The van der Waals surface area contributed by atoms with Gasteiger partial charge < -0.3 is 10.1 Å². The average molecular weight is 241 g/mol. The zero-order valence-corrected chi connectivity index (χ0v) is 10.4. The van der Waals surface area contributed by atoms with Gasteiger partial charge >= 0.3 is 5.97 Å². The van der Waals surface area contributed by atoms with E-state index < -0.39 is 12.0 Å². The van der Waals surface area contributed by atoms with Crippen LogP contribution in [0.3, 0.4) is 0 Å². The van der Waals surface area contributed by atoms with Crippen LogP contribution in [0.2, 0.25) is 0 Å². The maximum atomic E-state index is 11.8. The Morgan fingerprint density at radius 2 is 2.25 bits per heavy atom. The van der Waals surface area contributed by atoms with Crippen LogP contribution in [-0.2, 0) is 16.0 Å². The molecule has 1 aromatic rings. The average Bonchev–Trinajstić information content (AvgIpc) is 2.75. The van der Waals surface area contributed by atoms with E-state index in [0.29, 0.717) is 4.88 Å². The lowest BCUT2D eigenvalue weighted by atomic mass is 10.2. The number of aryl methyl sites for hydroxylation is 1. The fourth-order valence-electron chi connectivity index (χ4n) is 1.31. The van der Waals surface area contributed by atoms with E-state index in [1.54, 1.807) is 6.92 Å². The Hall–Kier alpha value is -1.36. The van der Waals surface area contributed by atoms with Crippen molar-refractivity contribution in [2.45, 2.75) is 26.3 Å². The van der Waals surface area contributed by atoms with Gasteiger partial charge in [0.2, 0.25) is 0 Å². The maximum absolute atomic E-state index is 11.8. The molecule has 0 saturated carbocycles. The number of rotatable bonds is 4. The summed E-state index contributed by atoms with van der Waals surface area (Å²) in [6.07, 6.45) is 0.804. The van der Waals surface area contributed by atoms with Gasteiger partial charge in [0, 0.05) is 0 Å². The Bertz CT molecular complexity index is 386. The molecule has 0 bridgehead atoms. The molecule has 0 radical (unpaired) electrons. The number of carbonyl (C=O) groups is 2. The normalized spacial score (nSPS) is 11.9. The summed E-state index contributed by atoms with van der Waals surface area (Å²) >= 11 is 1.38. The van der Waals surface area contributed by atoms with E-state index in [-0.39, 0.29) is 5.91 Å². The highest BCUT2D eigenvalue weighted by Gasteiger charge is 2.19. The van der Waals surface area contributed by atoms with E-state index in [9.17, 15) is 9.59 Å². The van der Waals surface area contributed by atoms with Crippen molar-refractivity contribution >= 4 is 23.2 Å². The minimum Gasteiger partial charge on any atom is -0.467 e. The SMILES string of the molecule is CCc1ccsc1C(=O)NC(C)C(=O)OC. The third kappa shape index (κ3) is 2.82. The standard InChI is InChI=1S/C11H15NO3S/c1-4-8-5-6-16-9(8)10(13)12-7(2)11(14)15-3/h5-7H,4H2,1-3H3,(H,12,13). The van der Waals surface area contributed by atoms with Gasteiger partial charge in [0.25, 0.3) is 5.91 Å². The summed E-state index contributed by atoms with van der Waals surface area (Å²) < 4.78 is 4.54. The Morgan fingerprint density at radius 3 is 2.81 bits per heavy atom. The molecule has 88 valence electrons. The van der Waals surface area contributed by atoms with Crippen molar-refractivity contribution in [2.75, 3.05) is 7.11 Å². The van der Waals surface area contributed by atoms with Crippen LogP contribution < -0.4 is 5.32 Å². The van der Waals surface area contributed by atoms with Crippen LogP contribution in [0.1, 0.15) is 29.1 Å². The van der Waals surface area contributed by atoms with Crippen LogP contribution in [-0.4, -0.2) is 25.0 Å². The minimum atomic E-state index is -0.621. The van der Waals surface area contributed by atoms with Gasteiger partial charge in [-0.1, -0.05) is 6.92 Å². The molecule has 0 aromatic carbocycles. The van der Waals surface area contributed by atoms with E-state index in [1.807, 2.05) is 18.4 Å². The molecule has 1 rings (SSSR count). The number of methoxy groups -OCH3 is 1. The van der Waals surface area contributed by atoms with Gasteiger partial charge in [0.1, 0.15) is 6.04 Å². The number of esters is 1. The first kappa shape index (κ1) is 12.7. The van der Waals surface area contributed by atoms with Gasteiger partial charge in [-0.25, -0.2) is 4.79 Å². The Morgan fingerprint density at radius 1 is 1.56 bits per heavy atom. The molecule has 0 spiro atoms. The highest BCUT2D eigenvalue weighted by atomic mass is 32.1. The second-order valence-corrected chi connectivity index (χ2v) is 4.26. The van der Waals surface area contributed by atoms with E-state index in [4.69, 9.17) is 0 Å². The van der Waals surface area contributed by atoms with Crippen molar-refractivity contribution in [3.8, 4) is 0 Å². The number of thiophene rings is 1. The molecule has 1 atom stereocenters. The fraction of sp³-hybridized carbons (Fsp3) is 0.455. The van der Waals surface area contributed by atoms with Crippen molar-refractivity contribution in [3.63, 3.8) is 0 Å². The molecule has 1 unspecified atom stereocenters. The van der Waals surface area contributed by atoms with Gasteiger partial charge in [-0.3, -0.25) is 4.79 Å². The molecule has 0 aliphatic rings. The third-order valence-electron chi connectivity index (χ3n) is 2.24. The van der Waals surface area contributed by atoms with Crippen LogP contribution in [0, 0.1) is 0 Å². The molecule has 5 heteroatoms. The quantitative estimate of drug-likeness (QED) is 0.815. The number of amides is 1. The molecule has 1 amide bonds. The molecule has 0 saturated heterocycles. The van der Waals surface area contributed by atoms with Crippen molar-refractivity contribution in [3.05, 3.63) is 21.9 Å². The molecule has 0 aliphatic heterocycles. The first-order valence-electron chi connectivity index (χ1n) is 5.05. The van der Waals surface area contributed by atoms with Crippen LogP contribution in [0.4, 0.5) is 0 Å². The molecule has 0 fully saturated rings. The number of ether oxygens (including phenoxy) is 1. The minimum absolute atomic E-state index is 0.218. The van der Waals surface area contributed by atoms with Crippen molar-refractivity contribution < 1.29 is 14.3 Å². The summed E-state index contributed by atoms with van der Waals surface area (Å²) in [4.78, 5) is 23.6. The Balaban J connectivity index is 2.69. The van der Waals surface area contributed by atoms with E-state index in [2.05, 4.69) is 10.1 Å². The van der Waals surface area contributed by atoms with Crippen molar-refractivity contribution in [1.29, 1.82) is 0 Å². The monoisotopic (exact) mass is 241 g/mol. The molecular weight excluding hydrogens is 226 g/mol. The molecule has 0 aliphatic carbocycles. The van der Waals surface area contributed by atoms with Gasteiger partial charge in [0.15, 0.2) is 0 Å². The second kappa shape index (κ2) is 5.65. The van der Waals surface area contributed by atoms with Gasteiger partial charge in [-0.2, -0.15) is 0 Å². The van der Waals surface area contributed by atoms with Gasteiger partial charge in [-0.15, -0.1) is 11.3 Å². The summed E-state index contributed by atoms with van der Waals surface area (Å²) in [5.74, 6) is -0.660. The molecular formula is C11H15NO3S. The van der Waals surface area contributed by atoms with Crippen LogP contribution >= 0.6 is 11.3 Å². The number of hydrogen-bond acceptors (Lipinski definition) is 4. The van der Waals surface area contributed by atoms with E-state index in [1.165, 1.54) is 18.4 Å². The van der Waals surface area contributed by atoms with Gasteiger partial charge in [-0.05, 0) is 30.4 Å². The highest BCUT2D eigenvalue weighted by molar-refractivity contribution is 7.12. The second-order valence-electron chi connectivity index (χ2n) is 3.35. The lowest BCUT2D eigenvalue weighted by molar-refractivity contribution is -0.142. The molecule has 4 nitrogen and oxygen atoms in total. The molecule has 1 aromatic heterocycles. The lowest BCUT2D eigenvalue weighted by Crippen LogP contribution is -2.39. The summed E-state index contributed by atoms with van der Waals surface area (Å²) in [6, 6.07) is 1.30. The maximum Gasteiger partial charge on any atom is 0.328 e. The largest absolute Gasteiger partial charge is 0.467 e. The number of nitrogens with one attached hydrogen (secondary N) is 1. The summed E-state index contributed by atoms with van der Waals surface area (Å²) in [6.45, 7) is 3.59.